The van der Waals surface area contributed by atoms with Crippen molar-refractivity contribution in [3.63, 3.8) is 0 Å². The second-order valence-corrected chi connectivity index (χ2v) is 6.55. The maximum absolute atomic E-state index is 11.7. The summed E-state index contributed by atoms with van der Waals surface area (Å²) in [5.41, 5.74) is 0.764. The smallest absolute Gasteiger partial charge is 0.335 e. The van der Waals surface area contributed by atoms with E-state index in [1.54, 1.807) is 26.0 Å². The van der Waals surface area contributed by atoms with Crippen LogP contribution in [0.3, 0.4) is 0 Å². The van der Waals surface area contributed by atoms with Crippen LogP contribution < -0.4 is 0 Å². The van der Waals surface area contributed by atoms with Crippen molar-refractivity contribution in [2.24, 2.45) is 0 Å². The molecule has 0 unspecified atom stereocenters. The van der Waals surface area contributed by atoms with Crippen molar-refractivity contribution in [2.75, 3.05) is 13.2 Å². The van der Waals surface area contributed by atoms with E-state index in [0.717, 1.165) is 5.56 Å². The fourth-order valence-corrected chi connectivity index (χ4v) is 2.42. The van der Waals surface area contributed by atoms with E-state index in [4.69, 9.17) is 20.2 Å². The number of rotatable bonds is 7. The molecule has 1 aromatic rings. The van der Waals surface area contributed by atoms with Crippen molar-refractivity contribution in [3.05, 3.63) is 29.8 Å². The van der Waals surface area contributed by atoms with Gasteiger partial charge in [0.2, 0.25) is 0 Å². The third-order valence-electron chi connectivity index (χ3n) is 2.54. The lowest BCUT2D eigenvalue weighted by atomic mass is 10.1. The highest BCUT2D eigenvalue weighted by molar-refractivity contribution is 8.13. The third kappa shape index (κ3) is 5.11. The molecule has 0 aliphatic heterocycles. The largest absolute Gasteiger partial charge is 0.464 e. The van der Waals surface area contributed by atoms with Gasteiger partial charge in [0.15, 0.2) is 6.10 Å². The summed E-state index contributed by atoms with van der Waals surface area (Å²) in [7, 11) is 1.50. The normalized spacial score (nSPS) is 12.9. The van der Waals surface area contributed by atoms with Crippen LogP contribution in [0.15, 0.2) is 29.2 Å². The molecule has 0 radical (unpaired) electrons. The number of hydrogen-bond donors (Lipinski definition) is 0. The first kappa shape index (κ1) is 16.9. The lowest BCUT2D eigenvalue weighted by Gasteiger charge is -2.15. The zero-order chi connectivity index (χ0) is 15.2. The minimum absolute atomic E-state index is 0.0204. The van der Waals surface area contributed by atoms with Crippen LogP contribution in [0.1, 0.15) is 19.4 Å². The molecule has 0 N–H and O–H groups in total. The molecule has 0 spiro atoms. The first-order chi connectivity index (χ1) is 9.38. The van der Waals surface area contributed by atoms with Crippen molar-refractivity contribution >= 4 is 25.7 Å². The molecule has 5 nitrogen and oxygen atoms in total. The maximum atomic E-state index is 11.7. The molecular weight excluding hydrogens is 304 g/mol. The molecule has 20 heavy (non-hydrogen) atoms. The van der Waals surface area contributed by atoms with Crippen LogP contribution in [0.2, 0.25) is 0 Å². The summed E-state index contributed by atoms with van der Waals surface area (Å²) in [6, 6.07) is 5.98. The molecule has 0 saturated heterocycles. The number of carbonyl (C=O) groups excluding carboxylic acids is 1. The second kappa shape index (κ2) is 7.61. The van der Waals surface area contributed by atoms with Crippen molar-refractivity contribution in [3.8, 4) is 0 Å². The average molecular weight is 321 g/mol. The molecule has 0 aliphatic rings. The Bertz CT molecular complexity index is 538. The van der Waals surface area contributed by atoms with E-state index < -0.39 is 21.1 Å². The molecule has 112 valence electrons. The molecule has 0 fully saturated rings. The highest BCUT2D eigenvalue weighted by Gasteiger charge is 2.20. The van der Waals surface area contributed by atoms with Gasteiger partial charge in [-0.1, -0.05) is 12.1 Å². The Kier molecular flexibility index (Phi) is 6.45. The van der Waals surface area contributed by atoms with Gasteiger partial charge in [-0.15, -0.1) is 0 Å². The molecule has 0 saturated carbocycles. The average Bonchev–Trinajstić information content (AvgIpc) is 2.38. The number of hydrogen-bond acceptors (Lipinski definition) is 5. The van der Waals surface area contributed by atoms with E-state index in [-0.39, 0.29) is 11.5 Å². The Morgan fingerprint density at radius 3 is 2.25 bits per heavy atom. The number of ether oxygens (including phenoxy) is 2. The highest BCUT2D eigenvalue weighted by atomic mass is 35.7. The van der Waals surface area contributed by atoms with Crippen LogP contribution in [-0.4, -0.2) is 33.7 Å². The standard InChI is InChI=1S/C13H17ClO5S/c1-3-18-12(13(15)19-4-2)9-10-5-7-11(8-6-10)20(14,16)17/h5-8,12H,3-4,9H2,1-2H3/t12-/m0/s1. The Morgan fingerprint density at radius 1 is 1.20 bits per heavy atom. The predicted octanol–water partition coefficient (Wildman–Crippen LogP) is 2.12. The van der Waals surface area contributed by atoms with E-state index in [9.17, 15) is 13.2 Å². The molecule has 1 aromatic carbocycles. The van der Waals surface area contributed by atoms with Crippen molar-refractivity contribution in [1.82, 2.24) is 0 Å². The van der Waals surface area contributed by atoms with E-state index in [1.807, 2.05) is 0 Å². The lowest BCUT2D eigenvalue weighted by molar-refractivity contribution is -0.156. The van der Waals surface area contributed by atoms with Gasteiger partial charge in [0.1, 0.15) is 0 Å². The molecule has 0 bridgehead atoms. The Balaban J connectivity index is 2.81. The van der Waals surface area contributed by atoms with Gasteiger partial charge in [-0.2, -0.15) is 0 Å². The minimum Gasteiger partial charge on any atom is -0.464 e. The van der Waals surface area contributed by atoms with E-state index >= 15 is 0 Å². The van der Waals surface area contributed by atoms with Gasteiger partial charge < -0.3 is 9.47 Å². The number of carbonyl (C=O) groups is 1. The summed E-state index contributed by atoms with van der Waals surface area (Å²) >= 11 is 0. The van der Waals surface area contributed by atoms with Gasteiger partial charge >= 0.3 is 5.97 Å². The zero-order valence-electron chi connectivity index (χ0n) is 11.3. The Morgan fingerprint density at radius 2 is 1.80 bits per heavy atom. The highest BCUT2D eigenvalue weighted by Crippen LogP contribution is 2.16. The quantitative estimate of drug-likeness (QED) is 0.568. The van der Waals surface area contributed by atoms with Gasteiger partial charge in [0, 0.05) is 23.7 Å². The SMILES string of the molecule is CCOC(=O)[C@H](Cc1ccc(S(=O)(=O)Cl)cc1)OCC. The van der Waals surface area contributed by atoms with Gasteiger partial charge in [-0.3, -0.25) is 0 Å². The zero-order valence-corrected chi connectivity index (χ0v) is 12.9. The van der Waals surface area contributed by atoms with E-state index in [1.165, 1.54) is 12.1 Å². The molecule has 1 atom stereocenters. The van der Waals surface area contributed by atoms with Crippen molar-refractivity contribution in [2.45, 2.75) is 31.3 Å². The van der Waals surface area contributed by atoms with Gasteiger partial charge in [0.25, 0.3) is 9.05 Å². The molecule has 1 rings (SSSR count). The van der Waals surface area contributed by atoms with Crippen LogP contribution in [0, 0.1) is 0 Å². The monoisotopic (exact) mass is 320 g/mol. The fraction of sp³-hybridized carbons (Fsp3) is 0.462. The summed E-state index contributed by atoms with van der Waals surface area (Å²) in [6.45, 7) is 4.18. The van der Waals surface area contributed by atoms with E-state index in [2.05, 4.69) is 0 Å². The number of halogens is 1. The summed E-state index contributed by atoms with van der Waals surface area (Å²) in [4.78, 5) is 11.7. The summed E-state index contributed by atoms with van der Waals surface area (Å²) < 4.78 is 32.5. The van der Waals surface area contributed by atoms with Gasteiger partial charge in [-0.25, -0.2) is 13.2 Å². The van der Waals surface area contributed by atoms with Gasteiger partial charge in [-0.05, 0) is 31.5 Å². The first-order valence-electron chi connectivity index (χ1n) is 6.20. The first-order valence-corrected chi connectivity index (χ1v) is 8.51. The van der Waals surface area contributed by atoms with Crippen LogP contribution in [0.4, 0.5) is 0 Å². The fourth-order valence-electron chi connectivity index (χ4n) is 1.65. The van der Waals surface area contributed by atoms with Crippen LogP contribution >= 0.6 is 10.7 Å². The molecule has 0 heterocycles. The minimum atomic E-state index is -3.73. The Hall–Kier alpha value is -1.11. The Labute approximate surface area is 123 Å². The molecule has 7 heteroatoms. The summed E-state index contributed by atoms with van der Waals surface area (Å²) in [6.07, 6.45) is -0.381. The maximum Gasteiger partial charge on any atom is 0.335 e. The summed E-state index contributed by atoms with van der Waals surface area (Å²) in [5, 5.41) is 0. The van der Waals surface area contributed by atoms with Crippen molar-refractivity contribution < 1.29 is 22.7 Å². The number of esters is 1. The van der Waals surface area contributed by atoms with E-state index in [0.29, 0.717) is 13.0 Å². The van der Waals surface area contributed by atoms with Crippen LogP contribution in [0.5, 0.6) is 0 Å². The lowest BCUT2D eigenvalue weighted by Crippen LogP contribution is -2.29. The molecule has 0 aromatic heterocycles. The number of benzene rings is 1. The topological polar surface area (TPSA) is 69.7 Å². The summed E-state index contributed by atoms with van der Waals surface area (Å²) in [5.74, 6) is -0.427. The second-order valence-electron chi connectivity index (χ2n) is 3.98. The van der Waals surface area contributed by atoms with Crippen LogP contribution in [-0.2, 0) is 29.7 Å². The third-order valence-corrected chi connectivity index (χ3v) is 3.91. The predicted molar refractivity (Wildman–Crippen MR) is 75.2 cm³/mol. The molecule has 0 aliphatic carbocycles. The van der Waals surface area contributed by atoms with Crippen LogP contribution in [0.25, 0.3) is 0 Å². The van der Waals surface area contributed by atoms with Crippen molar-refractivity contribution in [1.29, 1.82) is 0 Å². The molecule has 0 amide bonds. The molecular formula is C13H17ClO5S. The van der Waals surface area contributed by atoms with Gasteiger partial charge in [0.05, 0.1) is 11.5 Å².